The molecule has 1 aromatic rings. The molecule has 0 aliphatic rings. The summed E-state index contributed by atoms with van der Waals surface area (Å²) in [5, 5.41) is 28.2. The minimum atomic E-state index is -0.555. The van der Waals surface area contributed by atoms with Crippen LogP contribution in [-0.4, -0.2) is 60.2 Å². The van der Waals surface area contributed by atoms with Crippen molar-refractivity contribution in [2.75, 3.05) is 40.0 Å². The fourth-order valence-corrected chi connectivity index (χ4v) is 2.23. The molecule has 0 fully saturated rings. The largest absolute Gasteiger partial charge is 0.497 e. The third-order valence-electron chi connectivity index (χ3n) is 3.39. The lowest BCUT2D eigenvalue weighted by molar-refractivity contribution is 0.118. The van der Waals surface area contributed by atoms with E-state index in [1.807, 2.05) is 30.0 Å². The van der Waals surface area contributed by atoms with Crippen LogP contribution in [0.4, 0.5) is 0 Å². The van der Waals surface area contributed by atoms with Gasteiger partial charge in [0.25, 0.3) is 0 Å². The van der Waals surface area contributed by atoms with Gasteiger partial charge in [-0.15, -0.1) is 0 Å². The molecule has 114 valence electrons. The number of benzene rings is 1. The minimum absolute atomic E-state index is 0.0532. The van der Waals surface area contributed by atoms with Gasteiger partial charge in [0.2, 0.25) is 0 Å². The van der Waals surface area contributed by atoms with Gasteiger partial charge >= 0.3 is 0 Å². The van der Waals surface area contributed by atoms with Crippen LogP contribution in [0.5, 0.6) is 5.75 Å². The summed E-state index contributed by atoms with van der Waals surface area (Å²) in [6.07, 6.45) is 0.00785. The summed E-state index contributed by atoms with van der Waals surface area (Å²) in [4.78, 5) is 1.93. The zero-order valence-electron chi connectivity index (χ0n) is 12.2. The molecule has 0 amide bonds. The van der Waals surface area contributed by atoms with Crippen LogP contribution in [0.1, 0.15) is 23.7 Å². The molecule has 1 aromatic carbocycles. The number of ether oxygens (including phenoxy) is 1. The Labute approximate surface area is 120 Å². The Balaban J connectivity index is 2.59. The van der Waals surface area contributed by atoms with Crippen molar-refractivity contribution in [3.63, 3.8) is 0 Å². The van der Waals surface area contributed by atoms with Crippen molar-refractivity contribution in [1.82, 2.24) is 4.90 Å². The van der Waals surface area contributed by atoms with Crippen LogP contribution < -0.4 is 4.74 Å². The van der Waals surface area contributed by atoms with Crippen molar-refractivity contribution in [3.05, 3.63) is 29.3 Å². The summed E-state index contributed by atoms with van der Waals surface area (Å²) < 4.78 is 5.15. The van der Waals surface area contributed by atoms with E-state index in [0.717, 1.165) is 16.9 Å². The number of hydrogen-bond donors (Lipinski definition) is 3. The standard InChI is InChI=1S/C15H25NO4/c1-12-11-13(20-2)3-4-14(12)15(19)5-6-16(7-9-17)8-10-18/h3-4,11,15,17-19H,5-10H2,1-2H3. The van der Waals surface area contributed by atoms with Gasteiger partial charge in [-0.3, -0.25) is 4.90 Å². The van der Waals surface area contributed by atoms with E-state index in [9.17, 15) is 5.11 Å². The molecule has 5 heteroatoms. The second-order valence-corrected chi connectivity index (χ2v) is 4.82. The van der Waals surface area contributed by atoms with Gasteiger partial charge in [0.15, 0.2) is 0 Å². The molecule has 0 saturated heterocycles. The molecule has 0 bridgehead atoms. The smallest absolute Gasteiger partial charge is 0.119 e. The number of aliphatic hydroxyl groups excluding tert-OH is 3. The third-order valence-corrected chi connectivity index (χ3v) is 3.39. The van der Waals surface area contributed by atoms with E-state index in [1.165, 1.54) is 0 Å². The quantitative estimate of drug-likeness (QED) is 0.622. The molecule has 1 rings (SSSR count). The Kier molecular flexibility index (Phi) is 7.54. The molecule has 0 aromatic heterocycles. The number of nitrogens with zero attached hydrogens (tertiary/aromatic N) is 1. The highest BCUT2D eigenvalue weighted by Crippen LogP contribution is 2.24. The van der Waals surface area contributed by atoms with Crippen molar-refractivity contribution < 1.29 is 20.1 Å². The Morgan fingerprint density at radius 2 is 1.80 bits per heavy atom. The van der Waals surface area contributed by atoms with E-state index in [2.05, 4.69) is 0 Å². The Morgan fingerprint density at radius 1 is 1.15 bits per heavy atom. The molecule has 3 N–H and O–H groups in total. The first-order valence-electron chi connectivity index (χ1n) is 6.89. The van der Waals surface area contributed by atoms with Crippen LogP contribution in [0, 0.1) is 6.92 Å². The Hall–Kier alpha value is -1.14. The summed E-state index contributed by atoms with van der Waals surface area (Å²) in [6, 6.07) is 5.61. The van der Waals surface area contributed by atoms with E-state index in [-0.39, 0.29) is 13.2 Å². The highest BCUT2D eigenvalue weighted by Gasteiger charge is 2.13. The lowest BCUT2D eigenvalue weighted by Gasteiger charge is -2.22. The molecule has 1 unspecified atom stereocenters. The van der Waals surface area contributed by atoms with Crippen molar-refractivity contribution in [2.45, 2.75) is 19.4 Å². The van der Waals surface area contributed by atoms with Gasteiger partial charge < -0.3 is 20.1 Å². The van der Waals surface area contributed by atoms with E-state index in [1.54, 1.807) is 7.11 Å². The van der Waals surface area contributed by atoms with Gasteiger partial charge in [-0.05, 0) is 36.6 Å². The second-order valence-electron chi connectivity index (χ2n) is 4.82. The molecule has 1 atom stereocenters. The van der Waals surface area contributed by atoms with Crippen LogP contribution in [0.2, 0.25) is 0 Å². The number of methoxy groups -OCH3 is 1. The average molecular weight is 283 g/mol. The predicted octanol–water partition coefficient (Wildman–Crippen LogP) is 0.714. The van der Waals surface area contributed by atoms with Gasteiger partial charge in [0.05, 0.1) is 26.4 Å². The van der Waals surface area contributed by atoms with Gasteiger partial charge in [-0.2, -0.15) is 0 Å². The van der Waals surface area contributed by atoms with Crippen LogP contribution in [0.15, 0.2) is 18.2 Å². The monoisotopic (exact) mass is 283 g/mol. The molecule has 20 heavy (non-hydrogen) atoms. The summed E-state index contributed by atoms with van der Waals surface area (Å²) >= 11 is 0. The topological polar surface area (TPSA) is 73.2 Å². The summed E-state index contributed by atoms with van der Waals surface area (Å²) in [5.41, 5.74) is 1.88. The fraction of sp³-hybridized carbons (Fsp3) is 0.600. The van der Waals surface area contributed by atoms with Gasteiger partial charge in [0.1, 0.15) is 5.75 Å². The first kappa shape index (κ1) is 16.9. The van der Waals surface area contributed by atoms with Crippen molar-refractivity contribution in [2.24, 2.45) is 0 Å². The maximum absolute atomic E-state index is 10.3. The van der Waals surface area contributed by atoms with Crippen LogP contribution >= 0.6 is 0 Å². The summed E-state index contributed by atoms with van der Waals surface area (Å²) in [7, 11) is 1.62. The summed E-state index contributed by atoms with van der Waals surface area (Å²) in [5.74, 6) is 0.778. The first-order valence-corrected chi connectivity index (χ1v) is 6.89. The zero-order valence-corrected chi connectivity index (χ0v) is 12.2. The van der Waals surface area contributed by atoms with E-state index in [0.29, 0.717) is 26.1 Å². The lowest BCUT2D eigenvalue weighted by atomic mass is 10.0. The molecule has 0 radical (unpaired) electrons. The SMILES string of the molecule is COc1ccc(C(O)CCN(CCO)CCO)c(C)c1. The van der Waals surface area contributed by atoms with Crippen LogP contribution in [-0.2, 0) is 0 Å². The highest BCUT2D eigenvalue weighted by atomic mass is 16.5. The third kappa shape index (κ3) is 5.09. The van der Waals surface area contributed by atoms with Crippen LogP contribution in [0.3, 0.4) is 0 Å². The number of aliphatic hydroxyl groups is 3. The first-order chi connectivity index (χ1) is 9.62. The number of aryl methyl sites for hydroxylation is 1. The molecule has 0 spiro atoms. The van der Waals surface area contributed by atoms with Crippen LogP contribution in [0.25, 0.3) is 0 Å². The minimum Gasteiger partial charge on any atom is -0.497 e. The Bertz CT molecular complexity index is 391. The van der Waals surface area contributed by atoms with Crippen molar-refractivity contribution in [3.8, 4) is 5.75 Å². The maximum Gasteiger partial charge on any atom is 0.119 e. The van der Waals surface area contributed by atoms with E-state index < -0.39 is 6.10 Å². The molecule has 0 aliphatic heterocycles. The second kappa shape index (κ2) is 8.92. The number of hydrogen-bond acceptors (Lipinski definition) is 5. The molecule has 5 nitrogen and oxygen atoms in total. The van der Waals surface area contributed by atoms with E-state index >= 15 is 0 Å². The van der Waals surface area contributed by atoms with Gasteiger partial charge in [-0.25, -0.2) is 0 Å². The van der Waals surface area contributed by atoms with E-state index in [4.69, 9.17) is 14.9 Å². The molecular formula is C15H25NO4. The molecule has 0 aliphatic carbocycles. The zero-order chi connectivity index (χ0) is 15.0. The average Bonchev–Trinajstić information content (AvgIpc) is 2.44. The summed E-state index contributed by atoms with van der Waals surface area (Å²) in [6.45, 7) is 3.70. The van der Waals surface area contributed by atoms with Crippen molar-refractivity contribution in [1.29, 1.82) is 0 Å². The number of rotatable bonds is 9. The molecule has 0 heterocycles. The molecular weight excluding hydrogens is 258 g/mol. The van der Waals surface area contributed by atoms with Gasteiger partial charge in [-0.1, -0.05) is 6.07 Å². The fourth-order valence-electron chi connectivity index (χ4n) is 2.23. The predicted molar refractivity (Wildman–Crippen MR) is 77.9 cm³/mol. The lowest BCUT2D eigenvalue weighted by Crippen LogP contribution is -2.31. The Morgan fingerprint density at radius 3 is 2.30 bits per heavy atom. The maximum atomic E-state index is 10.3. The normalized spacial score (nSPS) is 12.7. The van der Waals surface area contributed by atoms with Crippen molar-refractivity contribution >= 4 is 0 Å². The molecule has 0 saturated carbocycles. The highest BCUT2D eigenvalue weighted by molar-refractivity contribution is 5.35. The van der Waals surface area contributed by atoms with Gasteiger partial charge in [0, 0.05) is 19.6 Å².